The van der Waals surface area contributed by atoms with Gasteiger partial charge in [0.2, 0.25) is 0 Å². The fraction of sp³-hybridized carbons (Fsp3) is 1.00. The van der Waals surface area contributed by atoms with Crippen molar-refractivity contribution in [1.82, 2.24) is 5.32 Å². The van der Waals surface area contributed by atoms with E-state index in [2.05, 4.69) is 19.2 Å². The molecule has 0 amide bonds. The monoisotopic (exact) mass is 249 g/mol. The molecule has 0 bridgehead atoms. The van der Waals surface area contributed by atoms with Crippen LogP contribution in [0, 0.1) is 11.8 Å². The summed E-state index contributed by atoms with van der Waals surface area (Å²) in [7, 11) is 0. The van der Waals surface area contributed by atoms with Crippen LogP contribution in [0.4, 0.5) is 8.78 Å². The van der Waals surface area contributed by atoms with E-state index in [1.807, 2.05) is 0 Å². The molecule has 1 fully saturated rings. The molecule has 0 radical (unpaired) electrons. The predicted molar refractivity (Wildman–Crippen MR) is 65.2 cm³/mol. The van der Waals surface area contributed by atoms with E-state index in [-0.39, 0.29) is 6.54 Å². The van der Waals surface area contributed by atoms with E-state index in [4.69, 9.17) is 5.11 Å². The summed E-state index contributed by atoms with van der Waals surface area (Å²) in [6, 6.07) is 0.306. The van der Waals surface area contributed by atoms with Gasteiger partial charge in [-0.1, -0.05) is 26.7 Å². The van der Waals surface area contributed by atoms with Crippen LogP contribution in [0.5, 0.6) is 0 Å². The molecule has 0 aliphatic heterocycles. The molecule has 0 aromatic rings. The Bertz CT molecular complexity index is 212. The molecule has 0 aromatic carbocycles. The van der Waals surface area contributed by atoms with Crippen molar-refractivity contribution in [2.24, 2.45) is 11.8 Å². The van der Waals surface area contributed by atoms with Crippen molar-refractivity contribution in [3.63, 3.8) is 0 Å². The van der Waals surface area contributed by atoms with Gasteiger partial charge in [0.1, 0.15) is 6.10 Å². The van der Waals surface area contributed by atoms with E-state index in [9.17, 15) is 8.78 Å². The predicted octanol–water partition coefficient (Wildman–Crippen LogP) is 2.81. The lowest BCUT2D eigenvalue weighted by atomic mass is 9.81. The highest BCUT2D eigenvalue weighted by atomic mass is 19.3. The minimum atomic E-state index is -2.64. The summed E-state index contributed by atoms with van der Waals surface area (Å²) in [6.07, 6.45) is 1.58. The fourth-order valence-electron chi connectivity index (χ4n) is 2.73. The Balaban J connectivity index is 2.25. The first-order valence-electron chi connectivity index (χ1n) is 6.68. The number of nitrogens with one attached hydrogen (secondary N) is 1. The number of aliphatic hydroxyl groups excluding tert-OH is 1. The minimum absolute atomic E-state index is 0.0106. The van der Waals surface area contributed by atoms with E-state index in [1.165, 1.54) is 19.3 Å². The zero-order valence-electron chi connectivity index (χ0n) is 10.8. The highest BCUT2D eigenvalue weighted by Crippen LogP contribution is 2.29. The second-order valence-electron chi connectivity index (χ2n) is 5.67. The molecule has 1 saturated carbocycles. The van der Waals surface area contributed by atoms with E-state index < -0.39 is 12.5 Å². The van der Waals surface area contributed by atoms with Crippen molar-refractivity contribution in [2.75, 3.05) is 6.54 Å². The van der Waals surface area contributed by atoms with Crippen molar-refractivity contribution in [3.05, 3.63) is 0 Å². The lowest BCUT2D eigenvalue weighted by molar-refractivity contribution is -0.00564. The van der Waals surface area contributed by atoms with Gasteiger partial charge in [-0.15, -0.1) is 0 Å². The second-order valence-corrected chi connectivity index (χ2v) is 5.67. The van der Waals surface area contributed by atoms with Gasteiger partial charge >= 0.3 is 0 Å². The summed E-state index contributed by atoms with van der Waals surface area (Å²) in [6.45, 7) is 4.45. The Morgan fingerprint density at radius 3 is 2.59 bits per heavy atom. The van der Waals surface area contributed by atoms with Gasteiger partial charge < -0.3 is 10.4 Å². The largest absolute Gasteiger partial charge is 0.386 e. The summed E-state index contributed by atoms with van der Waals surface area (Å²) in [4.78, 5) is 0. The molecule has 0 saturated heterocycles. The quantitative estimate of drug-likeness (QED) is 0.758. The molecule has 2 N–H and O–H groups in total. The molecule has 0 spiro atoms. The van der Waals surface area contributed by atoms with Gasteiger partial charge in [-0.2, -0.15) is 0 Å². The summed E-state index contributed by atoms with van der Waals surface area (Å²) in [5.74, 6) is 1.41. The van der Waals surface area contributed by atoms with Gasteiger partial charge in [0, 0.05) is 12.6 Å². The van der Waals surface area contributed by atoms with Gasteiger partial charge in [-0.3, -0.25) is 0 Å². The average Bonchev–Trinajstić information content (AvgIpc) is 2.25. The fourth-order valence-corrected chi connectivity index (χ4v) is 2.73. The van der Waals surface area contributed by atoms with Crippen molar-refractivity contribution in [1.29, 1.82) is 0 Å². The number of alkyl halides is 2. The number of rotatable bonds is 6. The lowest BCUT2D eigenvalue weighted by Gasteiger charge is -2.31. The average molecular weight is 249 g/mol. The number of aliphatic hydroxyl groups is 1. The Morgan fingerprint density at radius 2 is 2.00 bits per heavy atom. The molecule has 1 aliphatic carbocycles. The Labute approximate surface area is 103 Å². The summed E-state index contributed by atoms with van der Waals surface area (Å²) >= 11 is 0. The number of hydrogen-bond acceptors (Lipinski definition) is 2. The smallest absolute Gasteiger partial charge is 0.265 e. The van der Waals surface area contributed by atoms with Crippen LogP contribution in [0.1, 0.15) is 46.0 Å². The highest BCUT2D eigenvalue weighted by Gasteiger charge is 2.24. The minimum Gasteiger partial charge on any atom is -0.386 e. The molecule has 1 rings (SSSR count). The van der Waals surface area contributed by atoms with Gasteiger partial charge in [0.15, 0.2) is 0 Å². The zero-order chi connectivity index (χ0) is 12.8. The molecule has 0 heterocycles. The molecule has 3 unspecified atom stereocenters. The Kier molecular flexibility index (Phi) is 6.34. The van der Waals surface area contributed by atoms with E-state index >= 15 is 0 Å². The van der Waals surface area contributed by atoms with E-state index in [1.54, 1.807) is 0 Å². The SMILES string of the molecule is CC(C)CC1CCCC(NCC(O)C(F)F)C1. The molecular weight excluding hydrogens is 224 g/mol. The number of halogens is 2. The van der Waals surface area contributed by atoms with Crippen LogP contribution < -0.4 is 5.32 Å². The first-order valence-corrected chi connectivity index (χ1v) is 6.68. The molecule has 2 nitrogen and oxygen atoms in total. The summed E-state index contributed by atoms with van der Waals surface area (Å²) < 4.78 is 24.3. The standard InChI is InChI=1S/C13H25F2NO/c1-9(2)6-10-4-3-5-11(7-10)16-8-12(17)13(14)15/h9-13,16-17H,3-8H2,1-2H3. The van der Waals surface area contributed by atoms with Crippen LogP contribution in [0.2, 0.25) is 0 Å². The maximum absolute atomic E-state index is 12.1. The Hall–Kier alpha value is -0.220. The lowest BCUT2D eigenvalue weighted by Crippen LogP contribution is -2.41. The molecule has 0 aromatic heterocycles. The third-order valence-electron chi connectivity index (χ3n) is 3.49. The molecule has 17 heavy (non-hydrogen) atoms. The summed E-state index contributed by atoms with van der Waals surface area (Å²) in [5.41, 5.74) is 0. The topological polar surface area (TPSA) is 32.3 Å². The molecule has 4 heteroatoms. The van der Waals surface area contributed by atoms with Crippen molar-refractivity contribution in [2.45, 2.75) is 64.5 Å². The van der Waals surface area contributed by atoms with Crippen LogP contribution >= 0.6 is 0 Å². The number of hydrogen-bond donors (Lipinski definition) is 2. The van der Waals surface area contributed by atoms with Crippen LogP contribution in [0.25, 0.3) is 0 Å². The van der Waals surface area contributed by atoms with Gasteiger partial charge in [0.05, 0.1) is 0 Å². The van der Waals surface area contributed by atoms with Crippen molar-refractivity contribution in [3.8, 4) is 0 Å². The van der Waals surface area contributed by atoms with Crippen LogP contribution in [0.15, 0.2) is 0 Å². The maximum Gasteiger partial charge on any atom is 0.265 e. The van der Waals surface area contributed by atoms with Crippen molar-refractivity contribution < 1.29 is 13.9 Å². The molecular formula is C13H25F2NO. The van der Waals surface area contributed by atoms with Gasteiger partial charge in [0.25, 0.3) is 6.43 Å². The third-order valence-corrected chi connectivity index (χ3v) is 3.49. The van der Waals surface area contributed by atoms with Crippen LogP contribution in [0.3, 0.4) is 0 Å². The summed E-state index contributed by atoms with van der Waals surface area (Å²) in [5, 5.41) is 12.1. The first kappa shape index (κ1) is 14.8. The third kappa shape index (κ3) is 5.77. The molecule has 102 valence electrons. The molecule has 3 atom stereocenters. The molecule has 1 aliphatic rings. The second kappa shape index (κ2) is 7.27. The maximum atomic E-state index is 12.1. The van der Waals surface area contributed by atoms with Gasteiger partial charge in [-0.25, -0.2) is 8.78 Å². The van der Waals surface area contributed by atoms with Crippen molar-refractivity contribution >= 4 is 0 Å². The Morgan fingerprint density at radius 1 is 1.29 bits per heavy atom. The zero-order valence-corrected chi connectivity index (χ0v) is 10.8. The van der Waals surface area contributed by atoms with Crippen LogP contribution in [-0.4, -0.2) is 30.2 Å². The van der Waals surface area contributed by atoms with E-state index in [0.29, 0.717) is 17.9 Å². The highest BCUT2D eigenvalue weighted by molar-refractivity contribution is 4.79. The van der Waals surface area contributed by atoms with E-state index in [0.717, 1.165) is 12.8 Å². The van der Waals surface area contributed by atoms with Crippen LogP contribution in [-0.2, 0) is 0 Å². The normalized spacial score (nSPS) is 27.7. The van der Waals surface area contributed by atoms with Gasteiger partial charge in [-0.05, 0) is 31.1 Å². The first-order chi connectivity index (χ1) is 7.99.